The van der Waals surface area contributed by atoms with E-state index in [-0.39, 0.29) is 18.5 Å². The Morgan fingerprint density at radius 1 is 1.50 bits per heavy atom. The average molecular weight is 256 g/mol. The molecule has 1 aromatic carbocycles. The van der Waals surface area contributed by atoms with E-state index in [0.717, 1.165) is 0 Å². The third-order valence-electron chi connectivity index (χ3n) is 2.96. The molecule has 4 nitrogen and oxygen atoms in total. The van der Waals surface area contributed by atoms with Gasteiger partial charge in [-0.25, -0.2) is 13.6 Å². The van der Waals surface area contributed by atoms with E-state index < -0.39 is 18.4 Å². The van der Waals surface area contributed by atoms with Crippen molar-refractivity contribution in [2.75, 3.05) is 30.8 Å². The SMILES string of the molecule is COC(=O)c1cccc(N)c1N1CCC(F)(F)C1. The second-order valence-electron chi connectivity index (χ2n) is 4.26. The smallest absolute Gasteiger partial charge is 0.340 e. The Hall–Kier alpha value is -1.85. The number of methoxy groups -OCH3 is 1. The van der Waals surface area contributed by atoms with Gasteiger partial charge in [-0.2, -0.15) is 0 Å². The van der Waals surface area contributed by atoms with Gasteiger partial charge in [0.05, 0.1) is 30.6 Å². The zero-order valence-electron chi connectivity index (χ0n) is 9.95. The summed E-state index contributed by atoms with van der Waals surface area (Å²) in [6, 6.07) is 4.70. The first-order valence-electron chi connectivity index (χ1n) is 5.54. The van der Waals surface area contributed by atoms with E-state index in [0.29, 0.717) is 11.4 Å². The van der Waals surface area contributed by atoms with E-state index >= 15 is 0 Å². The van der Waals surface area contributed by atoms with Crippen molar-refractivity contribution in [1.29, 1.82) is 0 Å². The molecule has 0 aromatic heterocycles. The van der Waals surface area contributed by atoms with Crippen molar-refractivity contribution in [3.05, 3.63) is 23.8 Å². The van der Waals surface area contributed by atoms with E-state index in [1.54, 1.807) is 12.1 Å². The monoisotopic (exact) mass is 256 g/mol. The summed E-state index contributed by atoms with van der Waals surface area (Å²) >= 11 is 0. The van der Waals surface area contributed by atoms with E-state index in [4.69, 9.17) is 5.73 Å². The van der Waals surface area contributed by atoms with Gasteiger partial charge in [-0.1, -0.05) is 6.07 Å². The van der Waals surface area contributed by atoms with Gasteiger partial charge in [0.15, 0.2) is 0 Å². The van der Waals surface area contributed by atoms with Gasteiger partial charge >= 0.3 is 5.97 Å². The fraction of sp³-hybridized carbons (Fsp3) is 0.417. The van der Waals surface area contributed by atoms with Gasteiger partial charge in [0.2, 0.25) is 0 Å². The maximum Gasteiger partial charge on any atom is 0.340 e. The number of alkyl halides is 2. The van der Waals surface area contributed by atoms with Crippen LogP contribution in [-0.4, -0.2) is 32.1 Å². The van der Waals surface area contributed by atoms with Gasteiger partial charge in [0.25, 0.3) is 5.92 Å². The van der Waals surface area contributed by atoms with Crippen LogP contribution >= 0.6 is 0 Å². The molecule has 2 rings (SSSR count). The van der Waals surface area contributed by atoms with Crippen LogP contribution in [0.3, 0.4) is 0 Å². The minimum absolute atomic E-state index is 0.172. The second-order valence-corrected chi connectivity index (χ2v) is 4.26. The zero-order chi connectivity index (χ0) is 13.3. The zero-order valence-corrected chi connectivity index (χ0v) is 9.95. The van der Waals surface area contributed by atoms with Crippen molar-refractivity contribution >= 4 is 17.3 Å². The Labute approximate surface area is 103 Å². The first kappa shape index (κ1) is 12.6. The fourth-order valence-corrected chi connectivity index (χ4v) is 2.12. The maximum atomic E-state index is 13.2. The number of ether oxygens (including phenoxy) is 1. The van der Waals surface area contributed by atoms with Crippen LogP contribution in [0.5, 0.6) is 0 Å². The molecule has 6 heteroatoms. The molecule has 0 aliphatic carbocycles. The summed E-state index contributed by atoms with van der Waals surface area (Å²) in [5.74, 6) is -3.32. The Kier molecular flexibility index (Phi) is 3.11. The highest BCUT2D eigenvalue weighted by atomic mass is 19.3. The summed E-state index contributed by atoms with van der Waals surface area (Å²) in [4.78, 5) is 13.0. The predicted octanol–water partition coefficient (Wildman–Crippen LogP) is 1.90. The molecule has 0 radical (unpaired) electrons. The third kappa shape index (κ3) is 2.23. The lowest BCUT2D eigenvalue weighted by Gasteiger charge is -2.22. The largest absolute Gasteiger partial charge is 0.465 e. The lowest BCUT2D eigenvalue weighted by Crippen LogP contribution is -2.27. The number of hydrogen-bond acceptors (Lipinski definition) is 4. The molecule has 0 spiro atoms. The summed E-state index contributed by atoms with van der Waals surface area (Å²) in [6.07, 6.45) is -0.234. The Morgan fingerprint density at radius 3 is 2.78 bits per heavy atom. The Morgan fingerprint density at radius 2 is 2.22 bits per heavy atom. The quantitative estimate of drug-likeness (QED) is 0.648. The lowest BCUT2D eigenvalue weighted by atomic mass is 10.1. The number of nitrogen functional groups attached to an aromatic ring is 1. The first-order chi connectivity index (χ1) is 8.44. The maximum absolute atomic E-state index is 13.2. The van der Waals surface area contributed by atoms with Gasteiger partial charge in [0, 0.05) is 13.0 Å². The molecule has 0 amide bonds. The number of para-hydroxylation sites is 1. The fourth-order valence-electron chi connectivity index (χ4n) is 2.12. The average Bonchev–Trinajstić information content (AvgIpc) is 2.68. The van der Waals surface area contributed by atoms with Gasteiger partial charge in [-0.15, -0.1) is 0 Å². The normalized spacial score (nSPS) is 17.8. The molecule has 1 heterocycles. The van der Waals surface area contributed by atoms with Crippen molar-refractivity contribution < 1.29 is 18.3 Å². The number of nitrogens with two attached hydrogens (primary N) is 1. The van der Waals surface area contributed by atoms with E-state index in [2.05, 4.69) is 4.74 Å². The van der Waals surface area contributed by atoms with E-state index in [1.165, 1.54) is 18.1 Å². The molecule has 1 fully saturated rings. The van der Waals surface area contributed by atoms with Crippen molar-refractivity contribution in [1.82, 2.24) is 0 Å². The van der Waals surface area contributed by atoms with Crippen molar-refractivity contribution in [3.63, 3.8) is 0 Å². The van der Waals surface area contributed by atoms with Crippen LogP contribution in [-0.2, 0) is 4.74 Å². The Bertz CT molecular complexity index is 477. The number of esters is 1. The van der Waals surface area contributed by atoms with Crippen LogP contribution in [0.25, 0.3) is 0 Å². The molecular formula is C12H14F2N2O2. The van der Waals surface area contributed by atoms with Gasteiger partial charge < -0.3 is 15.4 Å². The second kappa shape index (κ2) is 4.44. The van der Waals surface area contributed by atoms with Crippen LogP contribution in [0.15, 0.2) is 18.2 Å². The topological polar surface area (TPSA) is 55.6 Å². The van der Waals surface area contributed by atoms with Crippen LogP contribution < -0.4 is 10.6 Å². The molecule has 0 atom stereocenters. The summed E-state index contributed by atoms with van der Waals surface area (Å²) in [6.45, 7) is -0.254. The van der Waals surface area contributed by atoms with Crippen LogP contribution in [0.1, 0.15) is 16.8 Å². The van der Waals surface area contributed by atoms with Crippen molar-refractivity contribution in [3.8, 4) is 0 Å². The molecule has 0 bridgehead atoms. The molecule has 1 aromatic rings. The summed E-state index contributed by atoms with van der Waals surface area (Å²) < 4.78 is 31.1. The number of carbonyl (C=O) groups is 1. The standard InChI is InChI=1S/C12H14F2N2O2/c1-18-11(17)8-3-2-4-9(15)10(8)16-6-5-12(13,14)7-16/h2-4H,5-7,15H2,1H3. The molecule has 98 valence electrons. The molecule has 0 saturated carbocycles. The molecule has 1 aliphatic heterocycles. The minimum Gasteiger partial charge on any atom is -0.465 e. The number of nitrogens with zero attached hydrogens (tertiary/aromatic N) is 1. The molecule has 18 heavy (non-hydrogen) atoms. The van der Waals surface area contributed by atoms with Gasteiger partial charge in [0.1, 0.15) is 0 Å². The first-order valence-corrected chi connectivity index (χ1v) is 5.54. The number of halogens is 2. The number of benzene rings is 1. The lowest BCUT2D eigenvalue weighted by molar-refractivity contribution is 0.0256. The number of hydrogen-bond donors (Lipinski definition) is 1. The van der Waals surface area contributed by atoms with Crippen LogP contribution in [0, 0.1) is 0 Å². The van der Waals surface area contributed by atoms with E-state index in [9.17, 15) is 13.6 Å². The molecule has 1 saturated heterocycles. The van der Waals surface area contributed by atoms with Gasteiger partial charge in [-0.05, 0) is 12.1 Å². The molecule has 2 N–H and O–H groups in total. The highest BCUT2D eigenvalue weighted by Crippen LogP contribution is 2.36. The Balaban J connectivity index is 2.41. The number of anilines is 2. The highest BCUT2D eigenvalue weighted by Gasteiger charge is 2.39. The highest BCUT2D eigenvalue weighted by molar-refractivity contribution is 5.99. The van der Waals surface area contributed by atoms with Crippen LogP contribution in [0.2, 0.25) is 0 Å². The molecule has 0 unspecified atom stereocenters. The van der Waals surface area contributed by atoms with E-state index in [1.807, 2.05) is 0 Å². The summed E-state index contributed by atoms with van der Waals surface area (Å²) in [5.41, 5.74) is 6.64. The summed E-state index contributed by atoms with van der Waals surface area (Å²) in [5, 5.41) is 0. The minimum atomic E-state index is -2.74. The predicted molar refractivity (Wildman–Crippen MR) is 64.0 cm³/mol. The van der Waals surface area contributed by atoms with Gasteiger partial charge in [-0.3, -0.25) is 0 Å². The van der Waals surface area contributed by atoms with Crippen molar-refractivity contribution in [2.24, 2.45) is 0 Å². The third-order valence-corrected chi connectivity index (χ3v) is 2.96. The van der Waals surface area contributed by atoms with Crippen molar-refractivity contribution in [2.45, 2.75) is 12.3 Å². The molecular weight excluding hydrogens is 242 g/mol. The number of carbonyl (C=O) groups excluding carboxylic acids is 1. The molecule has 1 aliphatic rings. The number of rotatable bonds is 2. The van der Waals surface area contributed by atoms with Crippen LogP contribution in [0.4, 0.5) is 20.2 Å². The summed E-state index contributed by atoms with van der Waals surface area (Å²) in [7, 11) is 1.24.